The van der Waals surface area contributed by atoms with Crippen molar-refractivity contribution >= 4 is 16.1 Å². The van der Waals surface area contributed by atoms with Crippen LogP contribution in [-0.4, -0.2) is 56.2 Å². The molecule has 1 N–H and O–H groups in total. The molecular weight excluding hydrogens is 354 g/mol. The lowest BCUT2D eigenvalue weighted by Gasteiger charge is -2.32. The summed E-state index contributed by atoms with van der Waals surface area (Å²) in [6.45, 7) is 5.04. The smallest absolute Gasteiger partial charge is 0.281 e. The maximum atomic E-state index is 12.5. The SMILES string of the molecule is CC(C)Oc1ccc(CNC(=O)[C@H]2CCCN(S(=O)(=O)N(C)C)C2)cc1. The van der Waals surface area contributed by atoms with Gasteiger partial charge < -0.3 is 10.1 Å². The molecule has 1 saturated heterocycles. The van der Waals surface area contributed by atoms with E-state index in [2.05, 4.69) is 5.32 Å². The summed E-state index contributed by atoms with van der Waals surface area (Å²) in [5.41, 5.74) is 0.975. The molecule has 0 spiro atoms. The molecule has 1 aliphatic rings. The van der Waals surface area contributed by atoms with Gasteiger partial charge in [0.1, 0.15) is 5.75 Å². The van der Waals surface area contributed by atoms with Gasteiger partial charge in [0.15, 0.2) is 0 Å². The summed E-state index contributed by atoms with van der Waals surface area (Å²) < 4.78 is 32.7. The molecule has 26 heavy (non-hydrogen) atoms. The Labute approximate surface area is 156 Å². The minimum Gasteiger partial charge on any atom is -0.491 e. The lowest BCUT2D eigenvalue weighted by atomic mass is 9.99. The van der Waals surface area contributed by atoms with Crippen LogP contribution in [0.15, 0.2) is 24.3 Å². The summed E-state index contributed by atoms with van der Waals surface area (Å²) in [6.07, 6.45) is 1.51. The van der Waals surface area contributed by atoms with Crippen molar-refractivity contribution in [3.63, 3.8) is 0 Å². The van der Waals surface area contributed by atoms with Crippen molar-refractivity contribution in [1.82, 2.24) is 13.9 Å². The summed E-state index contributed by atoms with van der Waals surface area (Å²) in [6, 6.07) is 7.60. The molecule has 0 aliphatic carbocycles. The molecule has 1 aromatic carbocycles. The molecule has 0 saturated carbocycles. The fourth-order valence-corrected chi connectivity index (χ4v) is 4.08. The number of piperidine rings is 1. The van der Waals surface area contributed by atoms with E-state index in [1.165, 1.54) is 22.7 Å². The molecule has 1 aromatic rings. The topological polar surface area (TPSA) is 79.0 Å². The molecule has 0 radical (unpaired) electrons. The van der Waals surface area contributed by atoms with Gasteiger partial charge in [0.2, 0.25) is 5.91 Å². The Bertz CT molecular complexity index is 702. The zero-order chi connectivity index (χ0) is 19.3. The Morgan fingerprint density at radius 1 is 1.31 bits per heavy atom. The largest absolute Gasteiger partial charge is 0.491 e. The minimum atomic E-state index is -3.48. The molecule has 1 aliphatic heterocycles. The fraction of sp³-hybridized carbons (Fsp3) is 0.611. The van der Waals surface area contributed by atoms with Crippen LogP contribution in [0, 0.1) is 5.92 Å². The first-order valence-corrected chi connectivity index (χ1v) is 10.3. The van der Waals surface area contributed by atoms with Gasteiger partial charge in [-0.05, 0) is 44.4 Å². The van der Waals surface area contributed by atoms with Gasteiger partial charge in [0, 0.05) is 33.7 Å². The number of hydrogen-bond donors (Lipinski definition) is 1. The van der Waals surface area contributed by atoms with Crippen molar-refractivity contribution in [3.8, 4) is 5.75 Å². The van der Waals surface area contributed by atoms with Crippen LogP contribution in [-0.2, 0) is 21.5 Å². The van der Waals surface area contributed by atoms with Crippen molar-refractivity contribution < 1.29 is 17.9 Å². The first kappa shape index (κ1) is 20.7. The molecule has 0 bridgehead atoms. The number of carbonyl (C=O) groups excluding carboxylic acids is 1. The van der Waals surface area contributed by atoms with E-state index in [4.69, 9.17) is 4.74 Å². The van der Waals surface area contributed by atoms with Crippen molar-refractivity contribution in [2.24, 2.45) is 5.92 Å². The number of amides is 1. The molecule has 1 heterocycles. The number of benzene rings is 1. The maximum absolute atomic E-state index is 12.5. The highest BCUT2D eigenvalue weighted by Gasteiger charge is 2.33. The summed E-state index contributed by atoms with van der Waals surface area (Å²) in [7, 11) is -0.464. The average molecular weight is 384 g/mol. The highest BCUT2D eigenvalue weighted by Crippen LogP contribution is 2.21. The minimum absolute atomic E-state index is 0.105. The quantitative estimate of drug-likeness (QED) is 0.776. The van der Waals surface area contributed by atoms with E-state index >= 15 is 0 Å². The summed E-state index contributed by atoms with van der Waals surface area (Å²) in [4.78, 5) is 12.5. The second-order valence-electron chi connectivity index (χ2n) is 7.02. The molecule has 1 fully saturated rings. The third-order valence-electron chi connectivity index (χ3n) is 4.30. The summed E-state index contributed by atoms with van der Waals surface area (Å²) in [5.74, 6) is 0.375. The number of nitrogens with zero attached hydrogens (tertiary/aromatic N) is 2. The number of rotatable bonds is 7. The van der Waals surface area contributed by atoms with Gasteiger partial charge in [-0.2, -0.15) is 17.0 Å². The van der Waals surface area contributed by atoms with Gasteiger partial charge in [0.25, 0.3) is 10.2 Å². The van der Waals surface area contributed by atoms with Crippen molar-refractivity contribution in [3.05, 3.63) is 29.8 Å². The summed E-state index contributed by atoms with van der Waals surface area (Å²) >= 11 is 0. The van der Waals surface area contributed by atoms with Gasteiger partial charge in [-0.1, -0.05) is 12.1 Å². The highest BCUT2D eigenvalue weighted by atomic mass is 32.2. The second kappa shape index (κ2) is 8.83. The van der Waals surface area contributed by atoms with Gasteiger partial charge in [0.05, 0.1) is 12.0 Å². The zero-order valence-corrected chi connectivity index (χ0v) is 16.8. The van der Waals surface area contributed by atoms with Gasteiger partial charge in [-0.25, -0.2) is 0 Å². The lowest BCUT2D eigenvalue weighted by Crippen LogP contribution is -2.48. The predicted octanol–water partition coefficient (Wildman–Crippen LogP) is 1.61. The van der Waals surface area contributed by atoms with Crippen LogP contribution in [0.5, 0.6) is 5.75 Å². The first-order chi connectivity index (χ1) is 12.2. The molecule has 8 heteroatoms. The Morgan fingerprint density at radius 3 is 2.54 bits per heavy atom. The van der Waals surface area contributed by atoms with Gasteiger partial charge in [-0.15, -0.1) is 0 Å². The van der Waals surface area contributed by atoms with Crippen LogP contribution in [0.4, 0.5) is 0 Å². The van der Waals surface area contributed by atoms with E-state index in [0.717, 1.165) is 11.3 Å². The number of carbonyl (C=O) groups is 1. The molecule has 146 valence electrons. The van der Waals surface area contributed by atoms with Gasteiger partial charge >= 0.3 is 0 Å². The Morgan fingerprint density at radius 2 is 1.96 bits per heavy atom. The molecule has 7 nitrogen and oxygen atoms in total. The predicted molar refractivity (Wildman–Crippen MR) is 101 cm³/mol. The summed E-state index contributed by atoms with van der Waals surface area (Å²) in [5, 5.41) is 2.92. The average Bonchev–Trinajstić information content (AvgIpc) is 2.60. The van der Waals surface area contributed by atoms with E-state index in [-0.39, 0.29) is 24.5 Å². The van der Waals surface area contributed by atoms with Crippen LogP contribution in [0.3, 0.4) is 0 Å². The van der Waals surface area contributed by atoms with E-state index in [0.29, 0.717) is 25.9 Å². The van der Waals surface area contributed by atoms with Crippen molar-refractivity contribution in [2.75, 3.05) is 27.2 Å². The monoisotopic (exact) mass is 383 g/mol. The van der Waals surface area contributed by atoms with E-state index < -0.39 is 10.2 Å². The van der Waals surface area contributed by atoms with Crippen LogP contribution in [0.1, 0.15) is 32.3 Å². The molecule has 1 amide bonds. The number of ether oxygens (including phenoxy) is 1. The van der Waals surface area contributed by atoms with Crippen molar-refractivity contribution in [2.45, 2.75) is 39.3 Å². The van der Waals surface area contributed by atoms with Crippen LogP contribution in [0.25, 0.3) is 0 Å². The molecule has 0 unspecified atom stereocenters. The Balaban J connectivity index is 1.89. The van der Waals surface area contributed by atoms with Crippen LogP contribution < -0.4 is 10.1 Å². The Kier molecular flexibility index (Phi) is 7.02. The van der Waals surface area contributed by atoms with Crippen LogP contribution in [0.2, 0.25) is 0 Å². The van der Waals surface area contributed by atoms with Crippen LogP contribution >= 0.6 is 0 Å². The normalized spacial score (nSPS) is 18.9. The first-order valence-electron chi connectivity index (χ1n) is 8.91. The zero-order valence-electron chi connectivity index (χ0n) is 15.9. The number of nitrogens with one attached hydrogen (secondary N) is 1. The molecule has 1 atom stereocenters. The third kappa shape index (κ3) is 5.43. The van der Waals surface area contributed by atoms with E-state index in [9.17, 15) is 13.2 Å². The maximum Gasteiger partial charge on any atom is 0.281 e. The fourth-order valence-electron chi connectivity index (χ4n) is 2.89. The molecular formula is C18H29N3O4S. The van der Waals surface area contributed by atoms with E-state index in [1.54, 1.807) is 0 Å². The highest BCUT2D eigenvalue weighted by molar-refractivity contribution is 7.86. The number of hydrogen-bond acceptors (Lipinski definition) is 4. The Hall–Kier alpha value is -1.64. The van der Waals surface area contributed by atoms with E-state index in [1.807, 2.05) is 38.1 Å². The standard InChI is InChI=1S/C18H29N3O4S/c1-14(2)25-17-9-7-15(8-10-17)12-19-18(22)16-6-5-11-21(13-16)26(23,24)20(3)4/h7-10,14,16H,5-6,11-13H2,1-4H3,(H,19,22)/t16-/m0/s1. The third-order valence-corrected chi connectivity index (χ3v) is 6.21. The molecule has 2 rings (SSSR count). The lowest BCUT2D eigenvalue weighted by molar-refractivity contribution is -0.126. The van der Waals surface area contributed by atoms with Gasteiger partial charge in [-0.3, -0.25) is 4.79 Å². The second-order valence-corrected chi connectivity index (χ2v) is 9.16. The molecule has 0 aromatic heterocycles. The van der Waals surface area contributed by atoms with Crippen molar-refractivity contribution in [1.29, 1.82) is 0 Å².